The maximum atomic E-state index is 5.90. The first-order valence-corrected chi connectivity index (χ1v) is 5.00. The lowest BCUT2D eigenvalue weighted by atomic mass is 10.1. The highest BCUT2D eigenvalue weighted by Crippen LogP contribution is 2.19. The number of anilines is 1. The normalized spacial score (nSPS) is 10.8. The molecule has 0 saturated heterocycles. The van der Waals surface area contributed by atoms with Gasteiger partial charge in [0.1, 0.15) is 5.82 Å². The summed E-state index contributed by atoms with van der Waals surface area (Å²) >= 11 is 0. The predicted molar refractivity (Wildman–Crippen MR) is 62.8 cm³/mol. The number of fused-ring (bicyclic) bond motifs is 1. The summed E-state index contributed by atoms with van der Waals surface area (Å²) in [6.07, 6.45) is 1.69. The summed E-state index contributed by atoms with van der Waals surface area (Å²) in [4.78, 5) is 4.49. The number of aromatic nitrogens is 3. The van der Waals surface area contributed by atoms with Crippen LogP contribution in [0.4, 0.5) is 5.82 Å². The zero-order valence-corrected chi connectivity index (χ0v) is 8.54. The Balaban J connectivity index is 2.25. The van der Waals surface area contributed by atoms with Crippen LogP contribution in [0.25, 0.3) is 16.9 Å². The molecule has 0 saturated carbocycles. The zero-order chi connectivity index (χ0) is 11.0. The van der Waals surface area contributed by atoms with Gasteiger partial charge in [-0.3, -0.25) is 0 Å². The van der Waals surface area contributed by atoms with Gasteiger partial charge in [0, 0.05) is 17.7 Å². The molecule has 2 heterocycles. The lowest BCUT2D eigenvalue weighted by molar-refractivity contribution is 0.954. The summed E-state index contributed by atoms with van der Waals surface area (Å²) in [6.45, 7) is 0. The van der Waals surface area contributed by atoms with E-state index in [9.17, 15) is 0 Å². The Bertz CT molecular complexity index is 628. The molecule has 0 spiro atoms. The number of hydrogen-bond donors (Lipinski definition) is 1. The van der Waals surface area contributed by atoms with E-state index in [1.54, 1.807) is 10.7 Å². The van der Waals surface area contributed by atoms with E-state index in [1.165, 1.54) is 0 Å². The summed E-state index contributed by atoms with van der Waals surface area (Å²) in [7, 11) is 0. The molecule has 0 aliphatic rings. The molecule has 1 aromatic carbocycles. The van der Waals surface area contributed by atoms with E-state index in [-0.39, 0.29) is 0 Å². The Morgan fingerprint density at radius 3 is 2.69 bits per heavy atom. The molecule has 2 N–H and O–H groups in total. The summed E-state index contributed by atoms with van der Waals surface area (Å²) in [5, 5.41) is 4.08. The van der Waals surface area contributed by atoms with Crippen molar-refractivity contribution in [2.24, 2.45) is 0 Å². The van der Waals surface area contributed by atoms with Crippen molar-refractivity contribution in [2.75, 3.05) is 5.73 Å². The van der Waals surface area contributed by atoms with Crippen molar-refractivity contribution in [3.63, 3.8) is 0 Å². The number of benzene rings is 1. The number of nitrogens with zero attached hydrogens (tertiary/aromatic N) is 3. The van der Waals surface area contributed by atoms with Crippen molar-refractivity contribution in [2.45, 2.75) is 0 Å². The van der Waals surface area contributed by atoms with E-state index >= 15 is 0 Å². The van der Waals surface area contributed by atoms with Gasteiger partial charge in [-0.05, 0) is 0 Å². The topological polar surface area (TPSA) is 56.2 Å². The van der Waals surface area contributed by atoms with Crippen LogP contribution in [-0.4, -0.2) is 14.6 Å². The highest BCUT2D eigenvalue weighted by Gasteiger charge is 2.04. The second-order valence-electron chi connectivity index (χ2n) is 3.53. The first-order chi connectivity index (χ1) is 7.84. The minimum Gasteiger partial charge on any atom is -0.384 e. The fourth-order valence-electron chi connectivity index (χ4n) is 1.69. The van der Waals surface area contributed by atoms with Gasteiger partial charge in [0.2, 0.25) is 0 Å². The molecular formula is C12H10N4. The smallest absolute Gasteiger partial charge is 0.157 e. The zero-order valence-electron chi connectivity index (χ0n) is 8.54. The Hall–Kier alpha value is -2.36. The van der Waals surface area contributed by atoms with Crippen molar-refractivity contribution in [3.8, 4) is 11.3 Å². The summed E-state index contributed by atoms with van der Waals surface area (Å²) in [5.74, 6) is 0.592. The number of nitrogen functional groups attached to an aromatic ring is 1. The maximum Gasteiger partial charge on any atom is 0.157 e. The van der Waals surface area contributed by atoms with Crippen LogP contribution in [0.2, 0.25) is 0 Å². The second-order valence-corrected chi connectivity index (χ2v) is 3.53. The van der Waals surface area contributed by atoms with Gasteiger partial charge >= 0.3 is 0 Å². The van der Waals surface area contributed by atoms with Crippen LogP contribution >= 0.6 is 0 Å². The van der Waals surface area contributed by atoms with E-state index in [4.69, 9.17) is 5.73 Å². The van der Waals surface area contributed by atoms with Gasteiger partial charge in [0.15, 0.2) is 5.65 Å². The molecule has 0 aliphatic heterocycles. The van der Waals surface area contributed by atoms with Crippen molar-refractivity contribution in [1.29, 1.82) is 0 Å². The largest absolute Gasteiger partial charge is 0.384 e. The molecule has 0 amide bonds. The van der Waals surface area contributed by atoms with Crippen molar-refractivity contribution in [1.82, 2.24) is 14.6 Å². The minimum atomic E-state index is 0.592. The van der Waals surface area contributed by atoms with Gasteiger partial charge < -0.3 is 5.73 Å². The molecule has 0 fully saturated rings. The van der Waals surface area contributed by atoms with Gasteiger partial charge in [-0.25, -0.2) is 4.98 Å². The first kappa shape index (κ1) is 8.91. The third kappa shape index (κ3) is 1.32. The van der Waals surface area contributed by atoms with Crippen LogP contribution in [0.5, 0.6) is 0 Å². The molecule has 4 nitrogen and oxygen atoms in total. The molecule has 0 aliphatic carbocycles. The molecule has 2 aromatic heterocycles. The van der Waals surface area contributed by atoms with Crippen LogP contribution in [0.15, 0.2) is 48.7 Å². The molecule has 0 radical (unpaired) electrons. The summed E-state index contributed by atoms with van der Waals surface area (Å²) in [5.41, 5.74) is 8.58. The standard InChI is InChI=1S/C12H10N4/c13-11-8-10(9-4-2-1-3-5-9)15-12-6-7-14-16(11)12/h1-8H,13H2. The molecule has 0 bridgehead atoms. The second kappa shape index (κ2) is 3.34. The predicted octanol–water partition coefficient (Wildman–Crippen LogP) is 1.98. The van der Waals surface area contributed by atoms with E-state index in [2.05, 4.69) is 10.1 Å². The molecule has 4 heteroatoms. The van der Waals surface area contributed by atoms with E-state index < -0.39 is 0 Å². The monoisotopic (exact) mass is 210 g/mol. The van der Waals surface area contributed by atoms with Crippen molar-refractivity contribution >= 4 is 11.5 Å². The van der Waals surface area contributed by atoms with Crippen LogP contribution in [-0.2, 0) is 0 Å². The third-order valence-electron chi connectivity index (χ3n) is 2.46. The molecule has 3 rings (SSSR count). The highest BCUT2D eigenvalue weighted by molar-refractivity contribution is 5.65. The van der Waals surface area contributed by atoms with Crippen molar-refractivity contribution < 1.29 is 0 Å². The quantitative estimate of drug-likeness (QED) is 0.668. The Kier molecular flexibility index (Phi) is 1.86. The molecule has 3 aromatic rings. The Morgan fingerprint density at radius 1 is 1.06 bits per heavy atom. The first-order valence-electron chi connectivity index (χ1n) is 5.00. The highest BCUT2D eigenvalue weighted by atomic mass is 15.3. The minimum absolute atomic E-state index is 0.592. The fourth-order valence-corrected chi connectivity index (χ4v) is 1.69. The molecule has 78 valence electrons. The van der Waals surface area contributed by atoms with Crippen LogP contribution in [0.3, 0.4) is 0 Å². The fraction of sp³-hybridized carbons (Fsp3) is 0. The van der Waals surface area contributed by atoms with Crippen LogP contribution in [0.1, 0.15) is 0 Å². The van der Waals surface area contributed by atoms with Gasteiger partial charge in [-0.15, -0.1) is 0 Å². The number of nitrogens with two attached hydrogens (primary N) is 1. The van der Waals surface area contributed by atoms with Gasteiger partial charge in [-0.1, -0.05) is 30.3 Å². The van der Waals surface area contributed by atoms with Gasteiger partial charge in [0.25, 0.3) is 0 Å². The number of rotatable bonds is 1. The van der Waals surface area contributed by atoms with Gasteiger partial charge in [-0.2, -0.15) is 9.61 Å². The number of hydrogen-bond acceptors (Lipinski definition) is 3. The average molecular weight is 210 g/mol. The SMILES string of the molecule is Nc1cc(-c2ccccc2)nc2ccnn12. The maximum absolute atomic E-state index is 5.90. The third-order valence-corrected chi connectivity index (χ3v) is 2.46. The van der Waals surface area contributed by atoms with Crippen molar-refractivity contribution in [3.05, 3.63) is 48.7 Å². The van der Waals surface area contributed by atoms with Gasteiger partial charge in [0.05, 0.1) is 11.9 Å². The molecular weight excluding hydrogens is 200 g/mol. The van der Waals surface area contributed by atoms with E-state index in [1.807, 2.05) is 42.5 Å². The lowest BCUT2D eigenvalue weighted by Gasteiger charge is -2.03. The Morgan fingerprint density at radius 2 is 1.88 bits per heavy atom. The lowest BCUT2D eigenvalue weighted by Crippen LogP contribution is -2.00. The summed E-state index contributed by atoms with van der Waals surface area (Å²) in [6, 6.07) is 13.6. The average Bonchev–Trinajstić information content (AvgIpc) is 2.79. The van der Waals surface area contributed by atoms with Crippen LogP contribution < -0.4 is 5.73 Å². The Labute approximate surface area is 92.4 Å². The molecule has 0 unspecified atom stereocenters. The molecule has 16 heavy (non-hydrogen) atoms. The van der Waals surface area contributed by atoms with E-state index in [0.29, 0.717) is 5.82 Å². The van der Waals surface area contributed by atoms with Crippen LogP contribution in [0, 0.1) is 0 Å². The molecule has 0 atom stereocenters. The van der Waals surface area contributed by atoms with E-state index in [0.717, 1.165) is 16.9 Å². The summed E-state index contributed by atoms with van der Waals surface area (Å²) < 4.78 is 1.62.